The summed E-state index contributed by atoms with van der Waals surface area (Å²) in [7, 11) is 1.67. The number of likely N-dealkylation sites (tertiary alicyclic amines) is 1. The third-order valence-electron chi connectivity index (χ3n) is 4.10. The maximum atomic E-state index is 11.9. The average Bonchev–Trinajstić information content (AvgIpc) is 2.94. The molecular formula is C18H29N3O3. The molecule has 0 spiro atoms. The summed E-state index contributed by atoms with van der Waals surface area (Å²) in [4.78, 5) is 14.2. The van der Waals surface area contributed by atoms with Gasteiger partial charge in [-0.3, -0.25) is 4.90 Å². The number of hydrogen-bond acceptors (Lipinski definition) is 5. The molecule has 1 amide bonds. The Morgan fingerprint density at radius 1 is 1.42 bits per heavy atom. The topological polar surface area (TPSA) is 76.8 Å². The van der Waals surface area contributed by atoms with Crippen molar-refractivity contribution < 1.29 is 14.3 Å². The first-order valence-corrected chi connectivity index (χ1v) is 8.40. The number of amides is 1. The predicted molar refractivity (Wildman–Crippen MR) is 94.1 cm³/mol. The molecular weight excluding hydrogens is 306 g/mol. The Labute approximate surface area is 144 Å². The van der Waals surface area contributed by atoms with Crippen LogP contribution in [-0.4, -0.2) is 49.4 Å². The monoisotopic (exact) mass is 335 g/mol. The van der Waals surface area contributed by atoms with Gasteiger partial charge in [0.05, 0.1) is 13.2 Å². The summed E-state index contributed by atoms with van der Waals surface area (Å²) in [5, 5.41) is 2.95. The van der Waals surface area contributed by atoms with Gasteiger partial charge < -0.3 is 20.5 Å². The number of nitrogens with two attached hydrogens (primary N) is 1. The summed E-state index contributed by atoms with van der Waals surface area (Å²) in [6.07, 6.45) is 0.515. The fraction of sp³-hybridized carbons (Fsp3) is 0.611. The van der Waals surface area contributed by atoms with Gasteiger partial charge in [0.2, 0.25) is 0 Å². The lowest BCUT2D eigenvalue weighted by Gasteiger charge is -2.28. The molecule has 2 rings (SSSR count). The maximum absolute atomic E-state index is 11.9. The van der Waals surface area contributed by atoms with Gasteiger partial charge in [-0.1, -0.05) is 18.2 Å². The van der Waals surface area contributed by atoms with Crippen molar-refractivity contribution in [3.63, 3.8) is 0 Å². The van der Waals surface area contributed by atoms with E-state index in [9.17, 15) is 4.79 Å². The van der Waals surface area contributed by atoms with Crippen LogP contribution < -0.4 is 15.8 Å². The van der Waals surface area contributed by atoms with Gasteiger partial charge in [0.15, 0.2) is 0 Å². The molecule has 6 heteroatoms. The number of alkyl carbamates (subject to hydrolysis) is 1. The van der Waals surface area contributed by atoms with Gasteiger partial charge in [-0.2, -0.15) is 0 Å². The molecule has 0 saturated carbocycles. The van der Waals surface area contributed by atoms with E-state index in [4.69, 9.17) is 15.2 Å². The molecule has 0 aromatic heterocycles. The number of nitrogens with one attached hydrogen (secondary N) is 1. The van der Waals surface area contributed by atoms with Crippen molar-refractivity contribution in [1.82, 2.24) is 10.2 Å². The Morgan fingerprint density at radius 2 is 2.12 bits per heavy atom. The van der Waals surface area contributed by atoms with Gasteiger partial charge in [0.25, 0.3) is 0 Å². The van der Waals surface area contributed by atoms with Crippen LogP contribution in [0.4, 0.5) is 4.79 Å². The van der Waals surface area contributed by atoms with Crippen LogP contribution in [0.1, 0.15) is 38.8 Å². The van der Waals surface area contributed by atoms with Crippen molar-refractivity contribution in [2.45, 2.75) is 44.9 Å². The largest absolute Gasteiger partial charge is 0.496 e. The molecule has 1 saturated heterocycles. The van der Waals surface area contributed by atoms with Crippen LogP contribution in [-0.2, 0) is 4.74 Å². The first-order chi connectivity index (χ1) is 11.3. The first-order valence-electron chi connectivity index (χ1n) is 8.40. The van der Waals surface area contributed by atoms with E-state index >= 15 is 0 Å². The van der Waals surface area contributed by atoms with E-state index < -0.39 is 5.60 Å². The second-order valence-corrected chi connectivity index (χ2v) is 7.12. The second kappa shape index (κ2) is 7.85. The fourth-order valence-corrected chi connectivity index (χ4v) is 3.08. The van der Waals surface area contributed by atoms with Crippen LogP contribution in [0.2, 0.25) is 0 Å². The van der Waals surface area contributed by atoms with Gasteiger partial charge in [-0.15, -0.1) is 0 Å². The van der Waals surface area contributed by atoms with E-state index in [0.29, 0.717) is 6.54 Å². The van der Waals surface area contributed by atoms with E-state index in [-0.39, 0.29) is 18.2 Å². The van der Waals surface area contributed by atoms with Crippen LogP contribution in [0.3, 0.4) is 0 Å². The molecule has 1 aromatic rings. The standard InChI is InChI=1S/C18H29N3O3/c1-18(2,3)24-17(22)20-13-9-10-21(12-13)15(11-19)14-7-5-6-8-16(14)23-4/h5-8,13,15H,9-12,19H2,1-4H3,(H,20,22). The number of rotatable bonds is 5. The molecule has 0 bridgehead atoms. The summed E-state index contributed by atoms with van der Waals surface area (Å²) in [6.45, 7) is 7.71. The lowest BCUT2D eigenvalue weighted by atomic mass is 10.0. The summed E-state index contributed by atoms with van der Waals surface area (Å²) in [6, 6.07) is 8.09. The Kier molecular flexibility index (Phi) is 6.07. The van der Waals surface area contributed by atoms with Crippen molar-refractivity contribution in [3.8, 4) is 5.75 Å². The van der Waals surface area contributed by atoms with E-state index in [1.165, 1.54) is 0 Å². The van der Waals surface area contributed by atoms with Crippen molar-refractivity contribution >= 4 is 6.09 Å². The second-order valence-electron chi connectivity index (χ2n) is 7.12. The van der Waals surface area contributed by atoms with E-state index in [1.54, 1.807) is 7.11 Å². The van der Waals surface area contributed by atoms with Crippen molar-refractivity contribution in [2.24, 2.45) is 5.73 Å². The van der Waals surface area contributed by atoms with Gasteiger partial charge >= 0.3 is 6.09 Å². The molecule has 2 unspecified atom stereocenters. The summed E-state index contributed by atoms with van der Waals surface area (Å²) < 4.78 is 10.8. The van der Waals surface area contributed by atoms with Crippen LogP contribution in [0, 0.1) is 0 Å². The molecule has 1 aliphatic rings. The zero-order valence-corrected chi connectivity index (χ0v) is 15.0. The molecule has 6 nitrogen and oxygen atoms in total. The number of ether oxygens (including phenoxy) is 2. The average molecular weight is 335 g/mol. The Hall–Kier alpha value is -1.79. The molecule has 1 fully saturated rings. The van der Waals surface area contributed by atoms with Gasteiger partial charge in [0, 0.05) is 31.2 Å². The van der Waals surface area contributed by atoms with Crippen molar-refractivity contribution in [3.05, 3.63) is 29.8 Å². The van der Waals surface area contributed by atoms with E-state index in [0.717, 1.165) is 30.8 Å². The minimum absolute atomic E-state index is 0.0728. The zero-order valence-electron chi connectivity index (χ0n) is 15.0. The molecule has 1 aliphatic heterocycles. The third kappa shape index (κ3) is 4.85. The number of nitrogens with zero attached hydrogens (tertiary/aromatic N) is 1. The van der Waals surface area contributed by atoms with Crippen LogP contribution in [0.5, 0.6) is 5.75 Å². The van der Waals surface area contributed by atoms with Crippen LogP contribution in [0.15, 0.2) is 24.3 Å². The smallest absolute Gasteiger partial charge is 0.407 e. The zero-order chi connectivity index (χ0) is 17.7. The number of carbonyl (C=O) groups excluding carboxylic acids is 1. The molecule has 134 valence electrons. The lowest BCUT2D eigenvalue weighted by Crippen LogP contribution is -2.41. The van der Waals surface area contributed by atoms with E-state index in [1.807, 2.05) is 45.0 Å². The minimum atomic E-state index is -0.487. The number of para-hydroxylation sites is 1. The molecule has 1 aromatic carbocycles. The highest BCUT2D eigenvalue weighted by Crippen LogP contribution is 2.31. The maximum Gasteiger partial charge on any atom is 0.407 e. The number of methoxy groups -OCH3 is 1. The highest BCUT2D eigenvalue weighted by Gasteiger charge is 2.31. The highest BCUT2D eigenvalue weighted by atomic mass is 16.6. The SMILES string of the molecule is COc1ccccc1C(CN)N1CCC(NC(=O)OC(C)(C)C)C1. The Morgan fingerprint density at radius 3 is 2.75 bits per heavy atom. The van der Waals surface area contributed by atoms with Gasteiger partial charge in [-0.25, -0.2) is 4.79 Å². The lowest BCUT2D eigenvalue weighted by molar-refractivity contribution is 0.0504. The third-order valence-corrected chi connectivity index (χ3v) is 4.10. The number of hydrogen-bond donors (Lipinski definition) is 2. The molecule has 3 N–H and O–H groups in total. The summed E-state index contributed by atoms with van der Waals surface area (Å²) >= 11 is 0. The summed E-state index contributed by atoms with van der Waals surface area (Å²) in [5.41, 5.74) is 6.63. The first kappa shape index (κ1) is 18.5. The van der Waals surface area contributed by atoms with Crippen LogP contribution in [0.25, 0.3) is 0 Å². The summed E-state index contributed by atoms with van der Waals surface area (Å²) in [5.74, 6) is 0.844. The molecule has 0 aliphatic carbocycles. The number of carbonyl (C=O) groups is 1. The normalized spacial score (nSPS) is 19.8. The fourth-order valence-electron chi connectivity index (χ4n) is 3.08. The minimum Gasteiger partial charge on any atom is -0.496 e. The van der Waals surface area contributed by atoms with Crippen LogP contribution >= 0.6 is 0 Å². The highest BCUT2D eigenvalue weighted by molar-refractivity contribution is 5.68. The van der Waals surface area contributed by atoms with Crippen molar-refractivity contribution in [1.29, 1.82) is 0 Å². The predicted octanol–water partition coefficient (Wildman–Crippen LogP) is 2.29. The van der Waals surface area contributed by atoms with Gasteiger partial charge in [0.1, 0.15) is 11.4 Å². The Balaban J connectivity index is 1.99. The molecule has 24 heavy (non-hydrogen) atoms. The quantitative estimate of drug-likeness (QED) is 0.863. The van der Waals surface area contributed by atoms with E-state index in [2.05, 4.69) is 10.2 Å². The molecule has 1 heterocycles. The Bertz CT molecular complexity index is 557. The van der Waals surface area contributed by atoms with Crippen molar-refractivity contribution in [2.75, 3.05) is 26.7 Å². The van der Waals surface area contributed by atoms with Gasteiger partial charge in [-0.05, 0) is 33.3 Å². The number of benzene rings is 1. The molecule has 0 radical (unpaired) electrons. The molecule has 2 atom stereocenters.